The van der Waals surface area contributed by atoms with E-state index in [1.54, 1.807) is 6.08 Å². The predicted molar refractivity (Wildman–Crippen MR) is 101 cm³/mol. The fourth-order valence-corrected chi connectivity index (χ4v) is 4.91. The van der Waals surface area contributed by atoms with Gasteiger partial charge in [0.1, 0.15) is 0 Å². The molecule has 0 saturated heterocycles. The van der Waals surface area contributed by atoms with Crippen molar-refractivity contribution in [1.29, 1.82) is 0 Å². The zero-order chi connectivity index (χ0) is 14.6. The minimum atomic E-state index is -0.0608. The molecule has 0 spiro atoms. The van der Waals surface area contributed by atoms with Crippen LogP contribution in [-0.4, -0.2) is 17.4 Å². The summed E-state index contributed by atoms with van der Waals surface area (Å²) in [4.78, 5) is 11.8. The summed E-state index contributed by atoms with van der Waals surface area (Å²) in [5.74, 6) is 1.08. The second kappa shape index (κ2) is 8.58. The zero-order valence-electron chi connectivity index (χ0n) is 9.40. The van der Waals surface area contributed by atoms with Crippen LogP contribution in [-0.2, 0) is 4.79 Å². The van der Waals surface area contributed by atoms with Crippen LogP contribution in [0.5, 0.6) is 0 Å². The summed E-state index contributed by atoms with van der Waals surface area (Å²) < 4.78 is 4.08. The van der Waals surface area contributed by atoms with Crippen LogP contribution < -0.4 is 5.32 Å². The normalized spacial score (nSPS) is 10.4. The van der Waals surface area contributed by atoms with Gasteiger partial charge in [-0.05, 0) is 79.6 Å². The van der Waals surface area contributed by atoms with Gasteiger partial charge in [-0.15, -0.1) is 18.3 Å². The van der Waals surface area contributed by atoms with Crippen LogP contribution in [0.15, 0.2) is 35.0 Å². The number of hydrogen-bond donors (Lipinski definition) is 1. The molecule has 19 heavy (non-hydrogen) atoms. The molecule has 0 aliphatic carbocycles. The average Bonchev–Trinajstić information content (AvgIpc) is 2.39. The Morgan fingerprint density at radius 3 is 2.00 bits per heavy atom. The Labute approximate surface area is 158 Å². The van der Waals surface area contributed by atoms with E-state index in [4.69, 9.17) is 0 Å². The summed E-state index contributed by atoms with van der Waals surface area (Å²) in [5, 5.41) is 2.88. The van der Waals surface area contributed by atoms with E-state index in [0.29, 0.717) is 11.4 Å². The molecule has 0 unspecified atom stereocenters. The van der Waals surface area contributed by atoms with Crippen molar-refractivity contribution in [3.63, 3.8) is 0 Å². The van der Waals surface area contributed by atoms with Crippen LogP contribution >= 0.6 is 91.4 Å². The van der Waals surface area contributed by atoms with Crippen molar-refractivity contribution < 1.29 is 4.79 Å². The largest absolute Gasteiger partial charge is 0.323 e. The maximum absolute atomic E-state index is 11.8. The molecule has 1 aromatic carbocycles. The molecule has 0 atom stereocenters. The number of rotatable bonds is 5. The van der Waals surface area contributed by atoms with E-state index >= 15 is 0 Å². The van der Waals surface area contributed by atoms with Gasteiger partial charge in [-0.2, -0.15) is 0 Å². The quantitative estimate of drug-likeness (QED) is 0.184. The average molecular weight is 602 g/mol. The molecular formula is C11H8Br5NOS. The van der Waals surface area contributed by atoms with Gasteiger partial charge >= 0.3 is 0 Å². The lowest BCUT2D eigenvalue weighted by molar-refractivity contribution is -0.113. The smallest absolute Gasteiger partial charge is 0.234 e. The second-order valence-electron chi connectivity index (χ2n) is 3.30. The SMILES string of the molecule is C=CCSCC(=O)Nc1c(Br)c(Br)c(Br)c(Br)c1Br. The monoisotopic (exact) mass is 597 g/mol. The predicted octanol–water partition coefficient (Wildman–Crippen LogP) is 6.36. The molecule has 0 saturated carbocycles. The first-order chi connectivity index (χ1) is 8.90. The minimum absolute atomic E-state index is 0.0608. The molecule has 0 radical (unpaired) electrons. The topological polar surface area (TPSA) is 29.1 Å². The highest BCUT2D eigenvalue weighted by atomic mass is 79.9. The lowest BCUT2D eigenvalue weighted by atomic mass is 10.3. The molecule has 1 rings (SSSR count). The molecule has 0 aliphatic heterocycles. The van der Waals surface area contributed by atoms with Gasteiger partial charge in [-0.25, -0.2) is 0 Å². The van der Waals surface area contributed by atoms with Crippen molar-refractivity contribution in [2.75, 3.05) is 16.8 Å². The summed E-state index contributed by atoms with van der Waals surface area (Å²) in [6.07, 6.45) is 1.77. The fraction of sp³-hybridized carbons (Fsp3) is 0.182. The van der Waals surface area contributed by atoms with E-state index in [1.807, 2.05) is 0 Å². The van der Waals surface area contributed by atoms with Crippen LogP contribution in [0.1, 0.15) is 0 Å². The number of halogens is 5. The van der Waals surface area contributed by atoms with Crippen LogP contribution in [0, 0.1) is 0 Å². The Balaban J connectivity index is 2.95. The standard InChI is InChI=1S/C11H8Br5NOS/c1-2-3-19-4-5(18)17-11-9(15)7(13)6(12)8(14)10(11)16/h2H,1,3-4H2,(H,17,18). The zero-order valence-corrected chi connectivity index (χ0v) is 18.2. The van der Waals surface area contributed by atoms with Crippen LogP contribution in [0.3, 0.4) is 0 Å². The summed E-state index contributed by atoms with van der Waals surface area (Å²) >= 11 is 18.8. The molecule has 1 aromatic rings. The third kappa shape index (κ3) is 4.85. The number of anilines is 1. The molecule has 104 valence electrons. The Morgan fingerprint density at radius 2 is 1.53 bits per heavy atom. The van der Waals surface area contributed by atoms with E-state index in [0.717, 1.165) is 28.1 Å². The van der Waals surface area contributed by atoms with Crippen molar-refractivity contribution in [2.45, 2.75) is 0 Å². The van der Waals surface area contributed by atoms with Gasteiger partial charge in [0.2, 0.25) is 5.91 Å². The first-order valence-corrected chi connectivity index (χ1v) is 10.0. The first kappa shape index (κ1) is 18.2. The molecular weight excluding hydrogens is 594 g/mol. The highest BCUT2D eigenvalue weighted by Crippen LogP contribution is 2.47. The highest BCUT2D eigenvalue weighted by Gasteiger charge is 2.19. The number of thioether (sulfide) groups is 1. The van der Waals surface area contributed by atoms with Crippen molar-refractivity contribution >= 4 is 103 Å². The van der Waals surface area contributed by atoms with Gasteiger partial charge in [0.15, 0.2) is 0 Å². The lowest BCUT2D eigenvalue weighted by Gasteiger charge is -2.14. The maximum Gasteiger partial charge on any atom is 0.234 e. The number of benzene rings is 1. The summed E-state index contributed by atoms with van der Waals surface area (Å²) in [5.41, 5.74) is 0.686. The number of nitrogens with one attached hydrogen (secondary N) is 1. The summed E-state index contributed by atoms with van der Waals surface area (Å²) in [6.45, 7) is 3.62. The fourth-order valence-electron chi connectivity index (χ4n) is 1.13. The molecule has 2 nitrogen and oxygen atoms in total. The third-order valence-electron chi connectivity index (χ3n) is 1.94. The van der Waals surface area contributed by atoms with Gasteiger partial charge in [-0.1, -0.05) is 6.08 Å². The molecule has 0 aromatic heterocycles. The van der Waals surface area contributed by atoms with E-state index in [-0.39, 0.29) is 5.91 Å². The van der Waals surface area contributed by atoms with Gasteiger partial charge in [0.05, 0.1) is 20.4 Å². The van der Waals surface area contributed by atoms with Crippen LogP contribution in [0.25, 0.3) is 0 Å². The van der Waals surface area contributed by atoms with Crippen molar-refractivity contribution in [3.8, 4) is 0 Å². The van der Waals surface area contributed by atoms with Gasteiger partial charge in [-0.3, -0.25) is 4.79 Å². The van der Waals surface area contributed by atoms with E-state index in [1.165, 1.54) is 11.8 Å². The Morgan fingerprint density at radius 1 is 1.05 bits per heavy atom. The van der Waals surface area contributed by atoms with Crippen LogP contribution in [0.4, 0.5) is 5.69 Å². The summed E-state index contributed by atoms with van der Waals surface area (Å²) in [7, 11) is 0. The van der Waals surface area contributed by atoms with Gasteiger partial charge < -0.3 is 5.32 Å². The van der Waals surface area contributed by atoms with E-state index < -0.39 is 0 Å². The number of hydrogen-bond acceptors (Lipinski definition) is 2. The molecule has 1 amide bonds. The lowest BCUT2D eigenvalue weighted by Crippen LogP contribution is -2.15. The molecule has 0 aliphatic rings. The van der Waals surface area contributed by atoms with Crippen LogP contribution in [0.2, 0.25) is 0 Å². The van der Waals surface area contributed by atoms with E-state index in [9.17, 15) is 4.79 Å². The highest BCUT2D eigenvalue weighted by molar-refractivity contribution is 9.15. The maximum atomic E-state index is 11.8. The molecule has 1 N–H and O–H groups in total. The van der Waals surface area contributed by atoms with Crippen molar-refractivity contribution in [3.05, 3.63) is 35.0 Å². The third-order valence-corrected chi connectivity index (χ3v) is 8.97. The number of amides is 1. The molecule has 0 heterocycles. The number of carbonyl (C=O) groups excluding carboxylic acids is 1. The van der Waals surface area contributed by atoms with Gasteiger partial charge in [0, 0.05) is 19.2 Å². The molecule has 8 heteroatoms. The molecule has 0 fully saturated rings. The first-order valence-electron chi connectivity index (χ1n) is 4.90. The van der Waals surface area contributed by atoms with Gasteiger partial charge in [0.25, 0.3) is 0 Å². The minimum Gasteiger partial charge on any atom is -0.323 e. The molecule has 0 bridgehead atoms. The number of carbonyl (C=O) groups is 1. The van der Waals surface area contributed by atoms with Crippen molar-refractivity contribution in [2.24, 2.45) is 0 Å². The van der Waals surface area contributed by atoms with E-state index in [2.05, 4.69) is 91.5 Å². The Kier molecular flexibility index (Phi) is 8.23. The Hall–Kier alpha value is 1.18. The Bertz CT molecular complexity index is 491. The van der Waals surface area contributed by atoms with Crippen molar-refractivity contribution in [1.82, 2.24) is 0 Å². The summed E-state index contributed by atoms with van der Waals surface area (Å²) in [6, 6.07) is 0. The second-order valence-corrected chi connectivity index (χ2v) is 8.29.